The number of carbonyl (C=O) groups is 1. The third kappa shape index (κ3) is 4.15. The van der Waals surface area contributed by atoms with E-state index < -0.39 is 5.60 Å². The lowest BCUT2D eigenvalue weighted by Gasteiger charge is -2.55. The first-order valence-corrected chi connectivity index (χ1v) is 12.3. The van der Waals surface area contributed by atoms with Gasteiger partial charge < -0.3 is 19.4 Å². The van der Waals surface area contributed by atoms with Crippen molar-refractivity contribution in [2.24, 2.45) is 5.41 Å². The summed E-state index contributed by atoms with van der Waals surface area (Å²) in [6.45, 7) is 8.99. The van der Waals surface area contributed by atoms with E-state index in [9.17, 15) is 9.90 Å². The maximum Gasteiger partial charge on any atom is 0.246 e. The van der Waals surface area contributed by atoms with E-state index in [0.717, 1.165) is 25.1 Å². The predicted octanol–water partition coefficient (Wildman–Crippen LogP) is 3.57. The van der Waals surface area contributed by atoms with Crippen molar-refractivity contribution in [1.29, 1.82) is 0 Å². The van der Waals surface area contributed by atoms with Crippen LogP contribution >= 0.6 is 0 Å². The smallest absolute Gasteiger partial charge is 0.246 e. The number of aromatic nitrogens is 3. The molecule has 0 bridgehead atoms. The van der Waals surface area contributed by atoms with Crippen LogP contribution in [0.5, 0.6) is 0 Å². The maximum atomic E-state index is 12.4. The summed E-state index contributed by atoms with van der Waals surface area (Å²) in [6, 6.07) is 10.2. The fourth-order valence-electron chi connectivity index (χ4n) is 5.58. The van der Waals surface area contributed by atoms with Crippen molar-refractivity contribution in [3.05, 3.63) is 65.3 Å². The Morgan fingerprint density at radius 1 is 1.17 bits per heavy atom. The fourth-order valence-corrected chi connectivity index (χ4v) is 5.58. The van der Waals surface area contributed by atoms with Gasteiger partial charge >= 0.3 is 0 Å². The van der Waals surface area contributed by atoms with Crippen LogP contribution in [0.15, 0.2) is 47.2 Å². The van der Waals surface area contributed by atoms with E-state index in [2.05, 4.69) is 60.0 Å². The van der Waals surface area contributed by atoms with E-state index in [4.69, 9.17) is 4.52 Å². The largest absolute Gasteiger partial charge is 0.380 e. The zero-order valence-corrected chi connectivity index (χ0v) is 20.9. The van der Waals surface area contributed by atoms with Gasteiger partial charge in [0.25, 0.3) is 0 Å². The Labute approximate surface area is 206 Å². The van der Waals surface area contributed by atoms with Gasteiger partial charge in [-0.3, -0.25) is 9.78 Å². The standard InChI is InChI=1S/C27H33N5O3/c1-18(2)19-7-9-21(10-8-19)27(34,26(3)16-31(4)17-26)22-12-20(13-28-14-22)25-29-23(35-30-25)15-32-11-5-6-24(32)33/h7-10,12-14,18,34H,5-6,11,15-17H2,1-4H3/t27-/m0/s1. The second-order valence-electron chi connectivity index (χ2n) is 10.6. The molecular formula is C27H33N5O3. The van der Waals surface area contributed by atoms with Gasteiger partial charge in [0.2, 0.25) is 17.6 Å². The Hall–Kier alpha value is -3.10. The number of hydrogen-bond acceptors (Lipinski definition) is 7. The summed E-state index contributed by atoms with van der Waals surface area (Å²) < 4.78 is 5.44. The highest BCUT2D eigenvalue weighted by Crippen LogP contribution is 2.50. The molecule has 184 valence electrons. The van der Waals surface area contributed by atoms with Crippen LogP contribution < -0.4 is 0 Å². The van der Waals surface area contributed by atoms with E-state index in [-0.39, 0.29) is 11.3 Å². The van der Waals surface area contributed by atoms with Gasteiger partial charge in [-0.2, -0.15) is 4.98 Å². The lowest BCUT2D eigenvalue weighted by atomic mass is 9.62. The van der Waals surface area contributed by atoms with Crippen molar-refractivity contribution in [3.8, 4) is 11.4 Å². The van der Waals surface area contributed by atoms with Gasteiger partial charge in [-0.1, -0.05) is 50.2 Å². The zero-order chi connectivity index (χ0) is 24.8. The lowest BCUT2D eigenvalue weighted by Crippen LogP contribution is -2.63. The van der Waals surface area contributed by atoms with Gasteiger partial charge in [-0.25, -0.2) is 0 Å². The second kappa shape index (κ2) is 8.84. The second-order valence-corrected chi connectivity index (χ2v) is 10.6. The molecule has 0 saturated carbocycles. The highest BCUT2D eigenvalue weighted by atomic mass is 16.5. The molecule has 35 heavy (non-hydrogen) atoms. The molecule has 2 aliphatic rings. The minimum Gasteiger partial charge on any atom is -0.380 e. The highest BCUT2D eigenvalue weighted by Gasteiger charge is 2.55. The molecule has 4 heterocycles. The summed E-state index contributed by atoms with van der Waals surface area (Å²) >= 11 is 0. The van der Waals surface area contributed by atoms with Crippen LogP contribution in [0.1, 0.15) is 62.1 Å². The number of rotatable bonds is 7. The molecule has 2 aliphatic heterocycles. The van der Waals surface area contributed by atoms with Crippen LogP contribution in [-0.2, 0) is 16.9 Å². The molecule has 1 amide bonds. The zero-order valence-electron chi connectivity index (χ0n) is 20.9. The first kappa shape index (κ1) is 23.6. The number of carbonyl (C=O) groups excluding carboxylic acids is 1. The number of aliphatic hydroxyl groups is 1. The van der Waals surface area contributed by atoms with Crippen molar-refractivity contribution in [2.75, 3.05) is 26.7 Å². The Morgan fingerprint density at radius 2 is 1.91 bits per heavy atom. The SMILES string of the molecule is CC(C)c1ccc([C@](O)(c2cncc(-c3noc(CN4CCCC4=O)n3)c2)C2(C)CN(C)C2)cc1. The monoisotopic (exact) mass is 475 g/mol. The third-order valence-electron chi connectivity index (χ3n) is 7.49. The van der Waals surface area contributed by atoms with Crippen molar-refractivity contribution >= 4 is 5.91 Å². The molecule has 2 saturated heterocycles. The van der Waals surface area contributed by atoms with E-state index in [1.165, 1.54) is 5.56 Å². The predicted molar refractivity (Wildman–Crippen MR) is 131 cm³/mol. The minimum atomic E-state index is -1.24. The summed E-state index contributed by atoms with van der Waals surface area (Å²) in [5.74, 6) is 1.32. The molecule has 5 rings (SSSR count). The third-order valence-corrected chi connectivity index (χ3v) is 7.49. The average molecular weight is 476 g/mol. The first-order chi connectivity index (χ1) is 16.7. The van der Waals surface area contributed by atoms with Gasteiger partial charge in [0.15, 0.2) is 0 Å². The normalized spacial score (nSPS) is 19.7. The average Bonchev–Trinajstić information content (AvgIpc) is 3.47. The quantitative estimate of drug-likeness (QED) is 0.558. The first-order valence-electron chi connectivity index (χ1n) is 12.3. The molecule has 1 N–H and O–H groups in total. The van der Waals surface area contributed by atoms with Crippen molar-refractivity contribution < 1.29 is 14.4 Å². The molecule has 3 aromatic rings. The van der Waals surface area contributed by atoms with Crippen LogP contribution in [0.25, 0.3) is 11.4 Å². The maximum absolute atomic E-state index is 12.4. The Balaban J connectivity index is 1.50. The summed E-state index contributed by atoms with van der Waals surface area (Å²) in [5, 5.41) is 16.5. The van der Waals surface area contributed by atoms with Crippen molar-refractivity contribution in [1.82, 2.24) is 24.9 Å². The van der Waals surface area contributed by atoms with Gasteiger partial charge in [-0.05, 0) is 36.6 Å². The van der Waals surface area contributed by atoms with E-state index in [1.807, 2.05) is 18.2 Å². The molecule has 1 atom stereocenters. The molecule has 2 fully saturated rings. The summed E-state index contributed by atoms with van der Waals surface area (Å²) in [7, 11) is 2.06. The molecule has 1 aromatic carbocycles. The fraction of sp³-hybridized carbons (Fsp3) is 0.481. The van der Waals surface area contributed by atoms with E-state index in [0.29, 0.717) is 48.3 Å². The number of likely N-dealkylation sites (tertiary alicyclic amines) is 2. The Kier molecular flexibility index (Phi) is 5.97. The van der Waals surface area contributed by atoms with Crippen molar-refractivity contribution in [3.63, 3.8) is 0 Å². The number of benzene rings is 1. The number of hydrogen-bond donors (Lipinski definition) is 1. The molecular weight excluding hydrogens is 442 g/mol. The number of pyridine rings is 1. The molecule has 0 unspecified atom stereocenters. The highest BCUT2D eigenvalue weighted by molar-refractivity contribution is 5.77. The van der Waals surface area contributed by atoms with Gasteiger partial charge in [0, 0.05) is 55.0 Å². The number of nitrogens with zero attached hydrogens (tertiary/aromatic N) is 5. The van der Waals surface area contributed by atoms with Crippen LogP contribution in [0.3, 0.4) is 0 Å². The van der Waals surface area contributed by atoms with Gasteiger partial charge in [0.1, 0.15) is 5.60 Å². The Morgan fingerprint density at radius 3 is 2.54 bits per heavy atom. The number of amides is 1. The van der Waals surface area contributed by atoms with Gasteiger partial charge in [-0.15, -0.1) is 0 Å². The lowest BCUT2D eigenvalue weighted by molar-refractivity contribution is -0.128. The molecule has 8 heteroatoms. The summed E-state index contributed by atoms with van der Waals surface area (Å²) in [6.07, 6.45) is 4.83. The van der Waals surface area contributed by atoms with E-state index in [1.54, 1.807) is 17.3 Å². The van der Waals surface area contributed by atoms with Gasteiger partial charge in [0.05, 0.1) is 6.54 Å². The molecule has 0 radical (unpaired) electrons. The molecule has 0 spiro atoms. The Bertz CT molecular complexity index is 1220. The topological polar surface area (TPSA) is 95.6 Å². The summed E-state index contributed by atoms with van der Waals surface area (Å²) in [5.41, 5.74) is 1.81. The minimum absolute atomic E-state index is 0.112. The van der Waals surface area contributed by atoms with E-state index >= 15 is 0 Å². The van der Waals surface area contributed by atoms with Crippen molar-refractivity contribution in [2.45, 2.75) is 51.7 Å². The molecule has 0 aliphatic carbocycles. The molecule has 8 nitrogen and oxygen atoms in total. The van der Waals surface area contributed by atoms with Crippen LogP contribution in [0.2, 0.25) is 0 Å². The molecule has 2 aromatic heterocycles. The van der Waals surface area contributed by atoms with Crippen LogP contribution in [-0.4, -0.2) is 62.6 Å². The van der Waals surface area contributed by atoms with Crippen LogP contribution in [0, 0.1) is 5.41 Å². The van der Waals surface area contributed by atoms with Crippen LogP contribution in [0.4, 0.5) is 0 Å². The summed E-state index contributed by atoms with van der Waals surface area (Å²) in [4.78, 5) is 24.9.